The first kappa shape index (κ1) is 17.4. The van der Waals surface area contributed by atoms with E-state index in [1.165, 1.54) is 20.0 Å². The zero-order valence-electron chi connectivity index (χ0n) is 14.7. The Labute approximate surface area is 147 Å². The molecule has 3 rings (SSSR count). The molecule has 1 saturated heterocycles. The average molecular weight is 344 g/mol. The quantitative estimate of drug-likeness (QED) is 0.837. The Bertz CT molecular complexity index is 693. The highest BCUT2D eigenvalue weighted by Crippen LogP contribution is 2.31. The van der Waals surface area contributed by atoms with Gasteiger partial charge in [0.1, 0.15) is 5.76 Å². The van der Waals surface area contributed by atoms with Crippen molar-refractivity contribution in [3.05, 3.63) is 47.9 Å². The minimum Gasteiger partial charge on any atom is -0.493 e. The molecule has 1 fully saturated rings. The van der Waals surface area contributed by atoms with Crippen LogP contribution in [0.3, 0.4) is 0 Å². The number of methoxy groups -OCH3 is 2. The molecule has 1 aromatic heterocycles. The summed E-state index contributed by atoms with van der Waals surface area (Å²) in [6, 6.07) is 9.16. The van der Waals surface area contributed by atoms with E-state index >= 15 is 0 Å². The van der Waals surface area contributed by atoms with Crippen molar-refractivity contribution >= 4 is 5.91 Å². The lowest BCUT2D eigenvalue weighted by Crippen LogP contribution is -2.36. The molecule has 0 saturated carbocycles. The Morgan fingerprint density at radius 1 is 1.20 bits per heavy atom. The number of likely N-dealkylation sites (tertiary alicyclic amines) is 1. The van der Waals surface area contributed by atoms with E-state index in [1.54, 1.807) is 31.6 Å². The summed E-state index contributed by atoms with van der Waals surface area (Å²) < 4.78 is 16.2. The number of hydrogen-bond acceptors (Lipinski definition) is 5. The molecule has 0 spiro atoms. The zero-order chi connectivity index (χ0) is 17.6. The lowest BCUT2D eigenvalue weighted by molar-refractivity contribution is 0.0930. The molecule has 1 aliphatic rings. The highest BCUT2D eigenvalue weighted by Gasteiger charge is 2.26. The number of amides is 1. The molecule has 134 valence electrons. The topological polar surface area (TPSA) is 63.9 Å². The molecular formula is C19H24N2O4. The fourth-order valence-electron chi connectivity index (χ4n) is 3.29. The van der Waals surface area contributed by atoms with Crippen molar-refractivity contribution in [3.8, 4) is 11.5 Å². The van der Waals surface area contributed by atoms with E-state index in [1.807, 2.05) is 12.1 Å². The molecule has 6 heteroatoms. The second-order valence-corrected chi connectivity index (χ2v) is 6.03. The van der Waals surface area contributed by atoms with Crippen LogP contribution >= 0.6 is 0 Å². The van der Waals surface area contributed by atoms with Crippen LogP contribution in [0, 0.1) is 0 Å². The van der Waals surface area contributed by atoms with Crippen molar-refractivity contribution in [3.63, 3.8) is 0 Å². The molecule has 25 heavy (non-hydrogen) atoms. The molecule has 2 aromatic rings. The van der Waals surface area contributed by atoms with E-state index in [9.17, 15) is 4.79 Å². The minimum atomic E-state index is -0.188. The molecule has 1 aromatic carbocycles. The first-order valence-corrected chi connectivity index (χ1v) is 8.51. The second kappa shape index (κ2) is 8.07. The third-order valence-corrected chi connectivity index (χ3v) is 4.56. The monoisotopic (exact) mass is 344 g/mol. The largest absolute Gasteiger partial charge is 0.493 e. The van der Waals surface area contributed by atoms with Crippen LogP contribution in [0.2, 0.25) is 0 Å². The summed E-state index contributed by atoms with van der Waals surface area (Å²) in [6.45, 7) is 2.51. The van der Waals surface area contributed by atoms with Crippen molar-refractivity contribution in [1.82, 2.24) is 10.2 Å². The Kier molecular flexibility index (Phi) is 5.60. The summed E-state index contributed by atoms with van der Waals surface area (Å²) in [5, 5.41) is 3.01. The molecule has 1 atom stereocenters. The summed E-state index contributed by atoms with van der Waals surface area (Å²) in [5.41, 5.74) is 0.460. The van der Waals surface area contributed by atoms with Gasteiger partial charge < -0.3 is 19.2 Å². The molecule has 2 heterocycles. The highest BCUT2D eigenvalue weighted by atomic mass is 16.5. The Morgan fingerprint density at radius 2 is 2.00 bits per heavy atom. The van der Waals surface area contributed by atoms with Crippen LogP contribution < -0.4 is 14.8 Å². The van der Waals surface area contributed by atoms with Crippen molar-refractivity contribution in [2.45, 2.75) is 18.9 Å². The van der Waals surface area contributed by atoms with Crippen LogP contribution in [0.5, 0.6) is 11.5 Å². The van der Waals surface area contributed by atoms with Gasteiger partial charge in [0.2, 0.25) is 0 Å². The number of furan rings is 1. The number of carbonyl (C=O) groups is 1. The predicted molar refractivity (Wildman–Crippen MR) is 94.1 cm³/mol. The highest BCUT2D eigenvalue weighted by molar-refractivity contribution is 5.97. The number of carbonyl (C=O) groups excluding carboxylic acids is 1. The van der Waals surface area contributed by atoms with E-state index < -0.39 is 0 Å². The third kappa shape index (κ3) is 3.79. The Balaban J connectivity index is 1.74. The second-order valence-electron chi connectivity index (χ2n) is 6.03. The Morgan fingerprint density at radius 3 is 2.64 bits per heavy atom. The number of ether oxygens (including phenoxy) is 2. The van der Waals surface area contributed by atoms with Gasteiger partial charge in [-0.05, 0) is 50.2 Å². The van der Waals surface area contributed by atoms with E-state index in [0.29, 0.717) is 23.6 Å². The van der Waals surface area contributed by atoms with Crippen molar-refractivity contribution in [1.29, 1.82) is 0 Å². The number of para-hydroxylation sites is 1. The maximum atomic E-state index is 12.7. The van der Waals surface area contributed by atoms with E-state index in [0.717, 1.165) is 18.8 Å². The summed E-state index contributed by atoms with van der Waals surface area (Å²) in [5.74, 6) is 1.67. The van der Waals surface area contributed by atoms with Gasteiger partial charge in [0.25, 0.3) is 5.91 Å². The molecule has 1 amide bonds. The van der Waals surface area contributed by atoms with Crippen LogP contribution in [0.25, 0.3) is 0 Å². The van der Waals surface area contributed by atoms with Gasteiger partial charge in [-0.15, -0.1) is 0 Å². The van der Waals surface area contributed by atoms with Crippen LogP contribution in [-0.4, -0.2) is 44.7 Å². The van der Waals surface area contributed by atoms with Crippen LogP contribution in [0.15, 0.2) is 41.0 Å². The molecule has 0 bridgehead atoms. The van der Waals surface area contributed by atoms with Gasteiger partial charge in [0, 0.05) is 6.54 Å². The van der Waals surface area contributed by atoms with Crippen LogP contribution in [0.4, 0.5) is 0 Å². The molecule has 6 nitrogen and oxygen atoms in total. The number of hydrogen-bond donors (Lipinski definition) is 1. The number of nitrogens with one attached hydrogen (secondary N) is 1. The number of nitrogens with zero attached hydrogens (tertiary/aromatic N) is 1. The first-order chi connectivity index (χ1) is 12.2. The molecule has 0 radical (unpaired) electrons. The molecular weight excluding hydrogens is 320 g/mol. The maximum Gasteiger partial charge on any atom is 0.255 e. The SMILES string of the molecule is COc1cccc(C(=O)NCC(c2ccco2)N2CCCC2)c1OC. The maximum absolute atomic E-state index is 12.7. The number of benzene rings is 1. The van der Waals surface area contributed by atoms with Gasteiger partial charge in [-0.25, -0.2) is 0 Å². The summed E-state index contributed by atoms with van der Waals surface area (Å²) >= 11 is 0. The third-order valence-electron chi connectivity index (χ3n) is 4.56. The summed E-state index contributed by atoms with van der Waals surface area (Å²) in [7, 11) is 3.09. The van der Waals surface area contributed by atoms with Crippen molar-refractivity contribution in [2.24, 2.45) is 0 Å². The zero-order valence-corrected chi connectivity index (χ0v) is 14.7. The number of rotatable bonds is 7. The smallest absolute Gasteiger partial charge is 0.255 e. The fourth-order valence-corrected chi connectivity index (χ4v) is 3.29. The van der Waals surface area contributed by atoms with Crippen LogP contribution in [-0.2, 0) is 0 Å². The minimum absolute atomic E-state index is 0.0399. The van der Waals surface area contributed by atoms with Gasteiger partial charge in [0.05, 0.1) is 32.1 Å². The lowest BCUT2D eigenvalue weighted by atomic mass is 10.1. The van der Waals surface area contributed by atoms with Gasteiger partial charge in [0.15, 0.2) is 11.5 Å². The van der Waals surface area contributed by atoms with E-state index in [2.05, 4.69) is 10.2 Å². The molecule has 1 N–H and O–H groups in total. The Hall–Kier alpha value is -2.47. The fraction of sp³-hybridized carbons (Fsp3) is 0.421. The van der Waals surface area contributed by atoms with E-state index in [-0.39, 0.29) is 11.9 Å². The van der Waals surface area contributed by atoms with Gasteiger partial charge >= 0.3 is 0 Å². The molecule has 1 unspecified atom stereocenters. The standard InChI is InChI=1S/C19H24N2O4/c1-23-17-8-5-7-14(18(17)24-2)19(22)20-13-15(16-9-6-12-25-16)21-10-3-4-11-21/h5-9,12,15H,3-4,10-11,13H2,1-2H3,(H,20,22). The lowest BCUT2D eigenvalue weighted by Gasteiger charge is -2.26. The summed E-state index contributed by atoms with van der Waals surface area (Å²) in [4.78, 5) is 15.0. The summed E-state index contributed by atoms with van der Waals surface area (Å²) in [6.07, 6.45) is 4.02. The molecule has 1 aliphatic heterocycles. The van der Waals surface area contributed by atoms with Gasteiger partial charge in [-0.2, -0.15) is 0 Å². The van der Waals surface area contributed by atoms with Crippen molar-refractivity contribution in [2.75, 3.05) is 33.9 Å². The van der Waals surface area contributed by atoms with Crippen LogP contribution in [0.1, 0.15) is 35.0 Å². The molecule has 0 aliphatic carbocycles. The van der Waals surface area contributed by atoms with Gasteiger partial charge in [-0.3, -0.25) is 9.69 Å². The first-order valence-electron chi connectivity index (χ1n) is 8.51. The predicted octanol–water partition coefficient (Wildman–Crippen LogP) is 2.86. The van der Waals surface area contributed by atoms with E-state index in [4.69, 9.17) is 13.9 Å². The normalized spacial score (nSPS) is 15.8. The van der Waals surface area contributed by atoms with Crippen molar-refractivity contribution < 1.29 is 18.7 Å². The van der Waals surface area contributed by atoms with Gasteiger partial charge in [-0.1, -0.05) is 6.07 Å². The average Bonchev–Trinajstić information content (AvgIpc) is 3.35.